The van der Waals surface area contributed by atoms with Crippen LogP contribution in [0.25, 0.3) is 21.5 Å². The smallest absolute Gasteiger partial charge is 0.135 e. The van der Waals surface area contributed by atoms with Crippen molar-refractivity contribution in [3.63, 3.8) is 0 Å². The summed E-state index contributed by atoms with van der Waals surface area (Å²) in [5.74, 6) is 1.42. The zero-order chi connectivity index (χ0) is 24.5. The normalized spacial score (nSPS) is 13.4. The summed E-state index contributed by atoms with van der Waals surface area (Å²) >= 11 is 0. The first-order valence-corrected chi connectivity index (χ1v) is 12.2. The lowest BCUT2D eigenvalue weighted by atomic mass is 9.97. The zero-order valence-corrected chi connectivity index (χ0v) is 20.8. The van der Waals surface area contributed by atoms with Gasteiger partial charge in [0, 0.05) is 34.8 Å². The highest BCUT2D eigenvalue weighted by Gasteiger charge is 2.19. The van der Waals surface area contributed by atoms with E-state index in [1.54, 1.807) is 0 Å². The van der Waals surface area contributed by atoms with Crippen LogP contribution >= 0.6 is 0 Å². The van der Waals surface area contributed by atoms with E-state index >= 15 is 0 Å². The van der Waals surface area contributed by atoms with Gasteiger partial charge in [-0.3, -0.25) is 0 Å². The molecular weight excluding hydrogens is 432 g/mol. The van der Waals surface area contributed by atoms with Gasteiger partial charge in [0.15, 0.2) is 0 Å². The maximum Gasteiger partial charge on any atom is 0.135 e. The number of fused-ring (bicyclic) bond motifs is 2. The fraction of sp³-hybridized carbons (Fsp3) is 0.500. The largest absolute Gasteiger partial charge is 0.489 e. The molecule has 0 amide bonds. The van der Waals surface area contributed by atoms with Gasteiger partial charge in [0.2, 0.25) is 0 Å². The number of rotatable bonds is 14. The Kier molecular flexibility index (Phi) is 9.96. The fourth-order valence-corrected chi connectivity index (χ4v) is 3.87. The summed E-state index contributed by atoms with van der Waals surface area (Å²) in [5, 5.41) is 24.3. The lowest BCUT2D eigenvalue weighted by Gasteiger charge is -2.21. The van der Waals surface area contributed by atoms with Crippen molar-refractivity contribution in [1.29, 1.82) is 0 Å². The number of benzene rings is 3. The minimum absolute atomic E-state index is 0.128. The predicted molar refractivity (Wildman–Crippen MR) is 136 cm³/mol. The van der Waals surface area contributed by atoms with Crippen molar-refractivity contribution >= 4 is 21.5 Å². The topological polar surface area (TPSA) is 77.4 Å². The fourth-order valence-electron chi connectivity index (χ4n) is 3.87. The van der Waals surface area contributed by atoms with Crippen molar-refractivity contribution in [2.75, 3.05) is 39.6 Å². The van der Waals surface area contributed by atoms with Crippen molar-refractivity contribution in [1.82, 2.24) is 0 Å². The Labute approximate surface area is 202 Å². The molecule has 3 aromatic carbocycles. The predicted octanol–water partition coefficient (Wildman–Crippen LogP) is 4.94. The van der Waals surface area contributed by atoms with Crippen LogP contribution in [-0.4, -0.2) is 62.1 Å². The average Bonchev–Trinajstić information content (AvgIpc) is 2.81. The monoisotopic (exact) mass is 470 g/mol. The summed E-state index contributed by atoms with van der Waals surface area (Å²) in [6.07, 6.45) is 0.368. The van der Waals surface area contributed by atoms with Gasteiger partial charge in [0.25, 0.3) is 0 Å². The molecular formula is C28H38O6. The Morgan fingerprint density at radius 3 is 1.41 bits per heavy atom. The van der Waals surface area contributed by atoms with E-state index in [0.717, 1.165) is 45.5 Å². The minimum atomic E-state index is -0.721. The summed E-state index contributed by atoms with van der Waals surface area (Å²) in [5.41, 5.74) is 2.18. The highest BCUT2D eigenvalue weighted by molar-refractivity contribution is 6.11. The van der Waals surface area contributed by atoms with Gasteiger partial charge in [-0.05, 0) is 38.8 Å². The van der Waals surface area contributed by atoms with Crippen molar-refractivity contribution in [3.05, 3.63) is 47.5 Å². The van der Waals surface area contributed by atoms with Gasteiger partial charge < -0.3 is 29.2 Å². The quantitative estimate of drug-likeness (QED) is 0.257. The van der Waals surface area contributed by atoms with Gasteiger partial charge in [-0.15, -0.1) is 0 Å². The van der Waals surface area contributed by atoms with E-state index in [1.807, 2.05) is 52.0 Å². The van der Waals surface area contributed by atoms with Gasteiger partial charge in [0.05, 0.1) is 13.2 Å². The van der Waals surface area contributed by atoms with E-state index in [9.17, 15) is 10.2 Å². The summed E-state index contributed by atoms with van der Waals surface area (Å²) in [4.78, 5) is 0. The van der Waals surface area contributed by atoms with Gasteiger partial charge in [-0.1, -0.05) is 49.2 Å². The van der Waals surface area contributed by atoms with E-state index in [0.29, 0.717) is 24.7 Å². The van der Waals surface area contributed by atoms with Crippen molar-refractivity contribution in [3.8, 4) is 11.5 Å². The molecule has 2 atom stereocenters. The van der Waals surface area contributed by atoms with Crippen LogP contribution in [0, 0.1) is 13.8 Å². The third kappa shape index (κ3) is 6.83. The lowest BCUT2D eigenvalue weighted by molar-refractivity contribution is 0.0125. The van der Waals surface area contributed by atoms with Crippen molar-refractivity contribution < 1.29 is 29.2 Å². The van der Waals surface area contributed by atoms with E-state index in [-0.39, 0.29) is 26.4 Å². The lowest BCUT2D eigenvalue weighted by Crippen LogP contribution is -2.24. The Bertz CT molecular complexity index is 978. The van der Waals surface area contributed by atoms with E-state index in [1.165, 1.54) is 0 Å². The van der Waals surface area contributed by atoms with Gasteiger partial charge in [0.1, 0.15) is 36.9 Å². The molecule has 6 heteroatoms. The van der Waals surface area contributed by atoms with Crippen LogP contribution in [0.15, 0.2) is 36.4 Å². The van der Waals surface area contributed by atoms with Crippen molar-refractivity contribution in [2.24, 2.45) is 0 Å². The highest BCUT2D eigenvalue weighted by Crippen LogP contribution is 2.43. The molecule has 3 aromatic rings. The van der Waals surface area contributed by atoms with E-state index in [2.05, 4.69) is 12.1 Å². The third-order valence-corrected chi connectivity index (χ3v) is 5.49. The minimum Gasteiger partial charge on any atom is -0.489 e. The first kappa shape index (κ1) is 26.2. The molecule has 0 radical (unpaired) electrons. The number of hydrogen-bond donors (Lipinski definition) is 2. The molecule has 34 heavy (non-hydrogen) atoms. The Morgan fingerprint density at radius 1 is 0.618 bits per heavy atom. The standard InChI is InChI=1S/C28H38O6/c1-5-11-31-15-21(29)17-33-27-23-9-7-20(4)14-26(23)28(24-10-8-19(3)13-25(24)27)34-18-22(30)16-32-12-6-2/h7-10,13-14,21-22,29-30H,5-6,11-12,15-18H2,1-4H3. The summed E-state index contributed by atoms with van der Waals surface area (Å²) in [6, 6.07) is 12.3. The Balaban J connectivity index is 1.97. The average molecular weight is 471 g/mol. The third-order valence-electron chi connectivity index (χ3n) is 5.49. The number of aryl methyl sites for hydroxylation is 2. The SMILES string of the molecule is CCCOCC(O)COc1c2ccc(C)cc2c(OCC(O)COCCC)c2ccc(C)cc12. The molecule has 0 aliphatic carbocycles. The molecule has 0 aromatic heterocycles. The highest BCUT2D eigenvalue weighted by atomic mass is 16.5. The summed E-state index contributed by atoms with van der Waals surface area (Å²) in [6.45, 7) is 10.1. The molecule has 2 unspecified atom stereocenters. The van der Waals surface area contributed by atoms with Gasteiger partial charge in [-0.2, -0.15) is 0 Å². The molecule has 0 bridgehead atoms. The second kappa shape index (κ2) is 12.9. The molecule has 186 valence electrons. The zero-order valence-electron chi connectivity index (χ0n) is 20.8. The maximum absolute atomic E-state index is 10.4. The molecule has 2 N–H and O–H groups in total. The van der Waals surface area contributed by atoms with Gasteiger partial charge >= 0.3 is 0 Å². The van der Waals surface area contributed by atoms with Crippen LogP contribution in [0.2, 0.25) is 0 Å². The molecule has 0 saturated carbocycles. The Morgan fingerprint density at radius 2 is 1.03 bits per heavy atom. The molecule has 3 rings (SSSR count). The molecule has 0 aliphatic rings. The number of hydrogen-bond acceptors (Lipinski definition) is 6. The molecule has 0 heterocycles. The van der Waals surface area contributed by atoms with Crippen LogP contribution in [0.4, 0.5) is 0 Å². The molecule has 0 fully saturated rings. The summed E-state index contributed by atoms with van der Waals surface area (Å²) in [7, 11) is 0. The second-order valence-electron chi connectivity index (χ2n) is 8.84. The first-order chi connectivity index (χ1) is 16.4. The van der Waals surface area contributed by atoms with Crippen LogP contribution in [0.3, 0.4) is 0 Å². The Hall–Kier alpha value is -2.38. The molecule has 6 nitrogen and oxygen atoms in total. The van der Waals surface area contributed by atoms with Crippen LogP contribution < -0.4 is 9.47 Å². The van der Waals surface area contributed by atoms with Crippen LogP contribution in [0.5, 0.6) is 11.5 Å². The number of aliphatic hydroxyl groups excluding tert-OH is 2. The van der Waals surface area contributed by atoms with Crippen molar-refractivity contribution in [2.45, 2.75) is 52.7 Å². The molecule has 0 saturated heterocycles. The van der Waals surface area contributed by atoms with E-state index in [4.69, 9.17) is 18.9 Å². The molecule has 0 aliphatic heterocycles. The number of aliphatic hydroxyl groups is 2. The van der Waals surface area contributed by atoms with Crippen LogP contribution in [-0.2, 0) is 9.47 Å². The maximum atomic E-state index is 10.4. The van der Waals surface area contributed by atoms with E-state index < -0.39 is 12.2 Å². The first-order valence-electron chi connectivity index (χ1n) is 12.2. The van der Waals surface area contributed by atoms with Gasteiger partial charge in [-0.25, -0.2) is 0 Å². The summed E-state index contributed by atoms with van der Waals surface area (Å²) < 4.78 is 23.4. The number of ether oxygens (including phenoxy) is 4. The second-order valence-corrected chi connectivity index (χ2v) is 8.84. The van der Waals surface area contributed by atoms with Crippen LogP contribution in [0.1, 0.15) is 37.8 Å². The molecule has 0 spiro atoms.